The second-order valence-electron chi connectivity index (χ2n) is 19.4. The van der Waals surface area contributed by atoms with Crippen LogP contribution in [0.15, 0.2) is 72.9 Å². The fourth-order valence-electron chi connectivity index (χ4n) is 8.42. The molecule has 2 saturated heterocycles. The van der Waals surface area contributed by atoms with Crippen LogP contribution >= 0.6 is 0 Å². The molecule has 0 saturated carbocycles. The van der Waals surface area contributed by atoms with E-state index in [9.17, 15) is 40.5 Å². The molecule has 0 aromatic rings. The molecule has 0 aromatic heterocycles. The zero-order chi connectivity index (χ0) is 52.3. The van der Waals surface area contributed by atoms with Crippen LogP contribution in [0.2, 0.25) is 0 Å². The molecular formula is C58H100O14. The molecule has 72 heavy (non-hydrogen) atoms. The maximum absolute atomic E-state index is 13.1. The number of aliphatic hydroxyl groups excluding tert-OH is 7. The molecule has 11 atom stereocenters. The van der Waals surface area contributed by atoms with Gasteiger partial charge in [0.15, 0.2) is 12.6 Å². The molecule has 14 nitrogen and oxygen atoms in total. The number of allylic oxidation sites excluding steroid dienone is 12. The van der Waals surface area contributed by atoms with E-state index in [-0.39, 0.29) is 19.6 Å². The highest BCUT2D eigenvalue weighted by molar-refractivity contribution is 5.69. The lowest BCUT2D eigenvalue weighted by Gasteiger charge is -2.42. The van der Waals surface area contributed by atoms with Crippen LogP contribution in [0.25, 0.3) is 0 Å². The zero-order valence-electron chi connectivity index (χ0n) is 44.4. The van der Waals surface area contributed by atoms with Crippen LogP contribution in [0.1, 0.15) is 187 Å². The molecule has 0 spiro atoms. The summed E-state index contributed by atoms with van der Waals surface area (Å²) in [4.78, 5) is 13.1. The topological polar surface area (TPSA) is 214 Å². The monoisotopic (exact) mass is 1020 g/mol. The quantitative estimate of drug-likeness (QED) is 0.0172. The Hall–Kier alpha value is -2.57. The van der Waals surface area contributed by atoms with Crippen LogP contribution < -0.4 is 0 Å². The highest BCUT2D eigenvalue weighted by atomic mass is 16.7. The van der Waals surface area contributed by atoms with Gasteiger partial charge in [-0.05, 0) is 83.5 Å². The highest BCUT2D eigenvalue weighted by Gasteiger charge is 2.47. The Morgan fingerprint density at radius 1 is 0.472 bits per heavy atom. The predicted molar refractivity (Wildman–Crippen MR) is 284 cm³/mol. The van der Waals surface area contributed by atoms with Crippen molar-refractivity contribution in [2.24, 2.45) is 0 Å². The predicted octanol–water partition coefficient (Wildman–Crippen LogP) is 9.47. The van der Waals surface area contributed by atoms with Crippen molar-refractivity contribution >= 4 is 5.97 Å². The lowest BCUT2D eigenvalue weighted by molar-refractivity contribution is -0.332. The third kappa shape index (κ3) is 31.3. The first kappa shape index (κ1) is 65.5. The maximum atomic E-state index is 13.1. The fourth-order valence-corrected chi connectivity index (χ4v) is 8.42. The summed E-state index contributed by atoms with van der Waals surface area (Å²) in [5.41, 5.74) is 0. The molecule has 0 bridgehead atoms. The maximum Gasteiger partial charge on any atom is 0.306 e. The minimum absolute atomic E-state index is 0.0495. The first-order valence-corrected chi connectivity index (χ1v) is 28.0. The Morgan fingerprint density at radius 3 is 1.43 bits per heavy atom. The molecule has 2 heterocycles. The number of rotatable bonds is 44. The molecule has 2 fully saturated rings. The number of hydrogen-bond acceptors (Lipinski definition) is 14. The average Bonchev–Trinajstić information content (AvgIpc) is 3.38. The summed E-state index contributed by atoms with van der Waals surface area (Å²) >= 11 is 0. The van der Waals surface area contributed by atoms with Crippen molar-refractivity contribution in [3.05, 3.63) is 72.9 Å². The van der Waals surface area contributed by atoms with Gasteiger partial charge in [-0.1, -0.05) is 170 Å². The summed E-state index contributed by atoms with van der Waals surface area (Å²) in [6, 6.07) is 0. The van der Waals surface area contributed by atoms with Gasteiger partial charge in [-0.2, -0.15) is 0 Å². The van der Waals surface area contributed by atoms with E-state index in [0.717, 1.165) is 89.9 Å². The summed E-state index contributed by atoms with van der Waals surface area (Å²) in [6.07, 6.45) is 39.5. The summed E-state index contributed by atoms with van der Waals surface area (Å²) in [5, 5.41) is 72.3. The van der Waals surface area contributed by atoms with E-state index in [1.165, 1.54) is 70.6 Å². The smallest absolute Gasteiger partial charge is 0.306 e. The Balaban J connectivity index is 1.73. The van der Waals surface area contributed by atoms with Crippen molar-refractivity contribution in [3.63, 3.8) is 0 Å². The van der Waals surface area contributed by atoms with Crippen molar-refractivity contribution < 1.29 is 69.0 Å². The standard InChI is InChI=1S/C58H100O14/c1-3-5-7-9-11-13-15-17-19-20-21-22-23-24-25-26-27-29-31-33-35-37-39-41-50(60)70-47(44-67-42-40-38-36-34-32-30-28-18-16-14-12-10-8-6-4-2)45-68-57-56(66)54(64)52(62)49(72-57)46-69-58-55(65)53(63)51(61)48(43-59)71-58/h5,7,11,13,16-19,21-22,24-25,47-49,51-59,61-66H,3-4,6,8-10,12,14-15,20,23,26-46H2,1-2H3/b7-5-,13-11-,18-16-,19-17-,22-21-,25-24-. The van der Waals surface area contributed by atoms with Gasteiger partial charge in [0.2, 0.25) is 0 Å². The second kappa shape index (κ2) is 44.7. The summed E-state index contributed by atoms with van der Waals surface area (Å²) in [7, 11) is 0. The molecule has 0 aromatic carbocycles. The van der Waals surface area contributed by atoms with Gasteiger partial charge >= 0.3 is 5.97 Å². The molecule has 2 aliphatic heterocycles. The minimum Gasteiger partial charge on any atom is -0.457 e. The van der Waals surface area contributed by atoms with E-state index >= 15 is 0 Å². The summed E-state index contributed by atoms with van der Waals surface area (Å²) < 4.78 is 34.3. The van der Waals surface area contributed by atoms with Crippen LogP contribution in [0.4, 0.5) is 0 Å². The van der Waals surface area contributed by atoms with E-state index in [0.29, 0.717) is 13.0 Å². The van der Waals surface area contributed by atoms with Gasteiger partial charge in [0.05, 0.1) is 26.4 Å². The van der Waals surface area contributed by atoms with E-state index in [2.05, 4.69) is 86.8 Å². The molecule has 14 heteroatoms. The summed E-state index contributed by atoms with van der Waals surface area (Å²) in [6.45, 7) is 3.53. The van der Waals surface area contributed by atoms with Crippen LogP contribution in [0.5, 0.6) is 0 Å². The molecule has 0 aliphatic carbocycles. The molecule has 7 N–H and O–H groups in total. The van der Waals surface area contributed by atoms with Gasteiger partial charge in [-0.3, -0.25) is 4.79 Å². The number of hydrogen-bond donors (Lipinski definition) is 7. The van der Waals surface area contributed by atoms with Crippen molar-refractivity contribution in [2.45, 2.75) is 255 Å². The van der Waals surface area contributed by atoms with Crippen LogP contribution in [0.3, 0.4) is 0 Å². The normalized spacial score (nSPS) is 25.7. The first-order chi connectivity index (χ1) is 35.1. The SMILES string of the molecule is CC/C=C\C/C=C\C/C=C\C/C=C\C/C=C\CCCCCCCCCC(=O)OC(COCCCCCCCC/C=C\CCCCCCC)COC1OC(COC2OC(CO)C(O)C(O)C2O)C(O)C(O)C1O. The Bertz CT molecular complexity index is 1460. The van der Waals surface area contributed by atoms with Gasteiger partial charge in [-0.25, -0.2) is 0 Å². The third-order valence-corrected chi connectivity index (χ3v) is 12.9. The number of unbranched alkanes of at least 4 members (excludes halogenated alkanes) is 18. The van der Waals surface area contributed by atoms with Gasteiger partial charge in [0.25, 0.3) is 0 Å². The number of aliphatic hydroxyl groups is 7. The summed E-state index contributed by atoms with van der Waals surface area (Å²) in [5.74, 6) is -0.391. The number of ether oxygens (including phenoxy) is 6. The van der Waals surface area contributed by atoms with Crippen molar-refractivity contribution in [3.8, 4) is 0 Å². The average molecular weight is 1020 g/mol. The van der Waals surface area contributed by atoms with Crippen molar-refractivity contribution in [1.82, 2.24) is 0 Å². The molecule has 416 valence electrons. The highest BCUT2D eigenvalue weighted by Crippen LogP contribution is 2.26. The van der Waals surface area contributed by atoms with Gasteiger partial charge in [0, 0.05) is 13.0 Å². The molecule has 0 radical (unpaired) electrons. The van der Waals surface area contributed by atoms with Crippen molar-refractivity contribution in [1.29, 1.82) is 0 Å². The number of carbonyl (C=O) groups excluding carboxylic acids is 1. The Morgan fingerprint density at radius 2 is 0.903 bits per heavy atom. The number of esters is 1. The van der Waals surface area contributed by atoms with Gasteiger partial charge in [0.1, 0.15) is 54.9 Å². The Kier molecular flexibility index (Phi) is 40.7. The van der Waals surface area contributed by atoms with E-state index in [1.54, 1.807) is 0 Å². The molecule has 11 unspecified atom stereocenters. The van der Waals surface area contributed by atoms with E-state index in [1.807, 2.05) is 0 Å². The lowest BCUT2D eigenvalue weighted by Crippen LogP contribution is -2.61. The van der Waals surface area contributed by atoms with E-state index < -0.39 is 86.7 Å². The lowest BCUT2D eigenvalue weighted by atomic mass is 9.98. The number of carbonyl (C=O) groups is 1. The molecule has 0 amide bonds. The second-order valence-corrected chi connectivity index (χ2v) is 19.4. The Labute approximate surface area is 434 Å². The largest absolute Gasteiger partial charge is 0.457 e. The van der Waals surface area contributed by atoms with Crippen LogP contribution in [0, 0.1) is 0 Å². The van der Waals surface area contributed by atoms with E-state index in [4.69, 9.17) is 28.4 Å². The van der Waals surface area contributed by atoms with Crippen molar-refractivity contribution in [2.75, 3.05) is 33.0 Å². The zero-order valence-corrected chi connectivity index (χ0v) is 44.4. The van der Waals surface area contributed by atoms with Gasteiger partial charge < -0.3 is 64.2 Å². The molecule has 2 rings (SSSR count). The minimum atomic E-state index is -1.71. The fraction of sp³-hybridized carbons (Fsp3) is 0.776. The third-order valence-electron chi connectivity index (χ3n) is 12.9. The van der Waals surface area contributed by atoms with Crippen LogP contribution in [-0.2, 0) is 33.2 Å². The van der Waals surface area contributed by atoms with Gasteiger partial charge in [-0.15, -0.1) is 0 Å². The molecule has 2 aliphatic rings. The van der Waals surface area contributed by atoms with Crippen LogP contribution in [-0.4, -0.2) is 142 Å². The molecular weight excluding hydrogens is 921 g/mol. The first-order valence-electron chi connectivity index (χ1n) is 28.0.